The fraction of sp³-hybridized carbons (Fsp3) is 0.563. The van der Waals surface area contributed by atoms with Crippen molar-refractivity contribution in [1.29, 1.82) is 0 Å². The highest BCUT2D eigenvalue weighted by Gasteiger charge is 2.43. The maximum atomic E-state index is 14.4. The van der Waals surface area contributed by atoms with Crippen LogP contribution in [0.15, 0.2) is 118 Å². The minimum atomic E-state index is -0.705. The number of fused-ring (bicyclic) bond motifs is 5. The molecule has 2 fully saturated rings. The van der Waals surface area contributed by atoms with Crippen molar-refractivity contribution in [2.24, 2.45) is 26.8 Å². The van der Waals surface area contributed by atoms with E-state index in [1.54, 1.807) is 33.5 Å². The second-order valence-electron chi connectivity index (χ2n) is 23.1. The van der Waals surface area contributed by atoms with E-state index in [4.69, 9.17) is 81.4 Å². The molecule has 0 saturated carbocycles. The quantitative estimate of drug-likeness (QED) is 0.0267. The number of methoxy groups -OCH3 is 3. The summed E-state index contributed by atoms with van der Waals surface area (Å²) >= 11 is 0. The second kappa shape index (κ2) is 37.7. The number of amides is 2. The van der Waals surface area contributed by atoms with Crippen molar-refractivity contribution in [3.05, 3.63) is 109 Å². The first-order valence-corrected chi connectivity index (χ1v) is 32.9. The molecule has 24 heteroatoms. The number of hydrogen-bond donors (Lipinski definition) is 2. The number of nitrogens with zero attached hydrogens (tertiary/aromatic N) is 4. The number of aliphatic hydroxyl groups excluding tert-OH is 1. The molecule has 0 aromatic heterocycles. The van der Waals surface area contributed by atoms with E-state index in [1.807, 2.05) is 19.1 Å². The summed E-state index contributed by atoms with van der Waals surface area (Å²) in [6.07, 6.45) is 6.47. The lowest BCUT2D eigenvalue weighted by Gasteiger charge is -2.19. The van der Waals surface area contributed by atoms with Gasteiger partial charge in [-0.15, -0.1) is 5.06 Å². The van der Waals surface area contributed by atoms with Gasteiger partial charge in [-0.25, -0.2) is 19.8 Å². The van der Waals surface area contributed by atoms with Crippen molar-refractivity contribution in [1.82, 2.24) is 10.4 Å². The standard InChI is InChI=1S/C71H93N5O19.2H2/c1-10-50-45(3)55-42-58-51(11-2)46(4)67(74-58)53(15-13-12-14-16-65(81)95-76-62(78)18-19-63(76)79)68-47(5)52(69(75-68)54-41-59(77)66-48(6)56(73-70(54)66)43-57(50)72-55)17-20-64(80)94-44-49-39-60(91-36-33-88-30-27-85-24-21-82-7)71(93-38-35-90-32-29-87-26-23-84-9)61(40-49)92-37-34-89-31-28-86-25-22-83-8;;/h39-40,42-43,47,52,75,77H,10-12,14,16-38,41,44H2,1-9H3;2*1H/t47-,52-;;/m0../s1. The number of imide groups is 1. The lowest BCUT2D eigenvalue weighted by Crippen LogP contribution is -2.31. The minimum absolute atomic E-state index is 0. The number of hydroxylamine groups is 2. The number of nitrogens with one attached hydrogen (secondary N) is 1. The van der Waals surface area contributed by atoms with Crippen LogP contribution < -0.4 is 19.5 Å². The summed E-state index contributed by atoms with van der Waals surface area (Å²) in [4.78, 5) is 72.6. The molecule has 2 amide bonds. The summed E-state index contributed by atoms with van der Waals surface area (Å²) in [5.74, 6) is 5.08. The van der Waals surface area contributed by atoms with Gasteiger partial charge in [0.1, 0.15) is 32.2 Å². The molecule has 95 heavy (non-hydrogen) atoms. The summed E-state index contributed by atoms with van der Waals surface area (Å²) in [5, 5.41) is 16.3. The van der Waals surface area contributed by atoms with Crippen LogP contribution in [0.3, 0.4) is 0 Å². The zero-order valence-corrected chi connectivity index (χ0v) is 56.6. The molecule has 6 heterocycles. The normalized spacial score (nSPS) is 18.2. The Hall–Kier alpha value is -7.57. The molecule has 8 rings (SSSR count). The summed E-state index contributed by atoms with van der Waals surface area (Å²) in [6.45, 7) is 18.3. The third-order valence-electron chi connectivity index (χ3n) is 16.8. The van der Waals surface area contributed by atoms with Crippen LogP contribution in [0, 0.1) is 23.7 Å². The second-order valence-corrected chi connectivity index (χ2v) is 23.1. The molecule has 520 valence electrons. The number of aliphatic imine (C=N–C) groups is 3. The third-order valence-corrected chi connectivity index (χ3v) is 16.8. The highest BCUT2D eigenvalue weighted by molar-refractivity contribution is 6.22. The number of benzene rings is 1. The van der Waals surface area contributed by atoms with Crippen LogP contribution in [0.25, 0.3) is 0 Å². The van der Waals surface area contributed by atoms with Gasteiger partial charge in [-0.2, -0.15) is 0 Å². The molecular formula is C71H97N5O19. The molecule has 0 spiro atoms. The Bertz CT molecular complexity index is 3340. The minimum Gasteiger partial charge on any atom is -0.511 e. The number of carbonyl (C=O) groups is 4. The van der Waals surface area contributed by atoms with Crippen molar-refractivity contribution in [2.75, 3.05) is 140 Å². The van der Waals surface area contributed by atoms with E-state index in [0.29, 0.717) is 148 Å². The Balaban J connectivity index is 0.00000743. The molecular weight excluding hydrogens is 1230 g/mol. The molecule has 2 atom stereocenters. The summed E-state index contributed by atoms with van der Waals surface area (Å²) in [6, 6.07) is 3.51. The molecule has 0 radical (unpaired) electrons. The zero-order chi connectivity index (χ0) is 67.6. The van der Waals surface area contributed by atoms with Gasteiger partial charge in [0.2, 0.25) is 5.75 Å². The van der Waals surface area contributed by atoms with Crippen molar-refractivity contribution in [3.63, 3.8) is 0 Å². The zero-order valence-electron chi connectivity index (χ0n) is 56.6. The lowest BCUT2D eigenvalue weighted by molar-refractivity contribution is -0.197. The number of unbranched alkanes of at least 4 members (excludes halogenated alkanes) is 1. The van der Waals surface area contributed by atoms with E-state index in [1.165, 1.54) is 0 Å². The fourth-order valence-electron chi connectivity index (χ4n) is 11.8. The van der Waals surface area contributed by atoms with Crippen LogP contribution in [0.1, 0.15) is 114 Å². The van der Waals surface area contributed by atoms with Crippen molar-refractivity contribution < 1.29 is 93.6 Å². The predicted molar refractivity (Wildman–Crippen MR) is 357 cm³/mol. The monoisotopic (exact) mass is 1320 g/mol. The topological polar surface area (TPSA) is 270 Å². The average Bonchev–Trinajstić information content (AvgIpc) is 1.58. The van der Waals surface area contributed by atoms with Gasteiger partial charge in [0, 0.05) is 97.1 Å². The van der Waals surface area contributed by atoms with Crippen molar-refractivity contribution in [3.8, 4) is 29.1 Å². The third kappa shape index (κ3) is 19.8. The Morgan fingerprint density at radius 3 is 1.75 bits per heavy atom. The first-order chi connectivity index (χ1) is 46.2. The molecule has 1 aliphatic carbocycles. The van der Waals surface area contributed by atoms with Crippen LogP contribution in [0.5, 0.6) is 17.2 Å². The average molecular weight is 1320 g/mol. The molecule has 8 bridgehead atoms. The van der Waals surface area contributed by atoms with Crippen LogP contribution in [-0.2, 0) is 78.0 Å². The van der Waals surface area contributed by atoms with Crippen LogP contribution in [0.4, 0.5) is 0 Å². The van der Waals surface area contributed by atoms with E-state index in [2.05, 4.69) is 51.8 Å². The van der Waals surface area contributed by atoms with Gasteiger partial charge in [0.25, 0.3) is 11.8 Å². The van der Waals surface area contributed by atoms with Gasteiger partial charge in [-0.05, 0) is 104 Å². The first kappa shape index (κ1) is 73.2. The summed E-state index contributed by atoms with van der Waals surface area (Å²) in [5.41, 5.74) is 13.6. The molecule has 7 aliphatic rings. The molecule has 1 aromatic carbocycles. The summed E-state index contributed by atoms with van der Waals surface area (Å²) in [7, 11) is 4.84. The molecule has 24 nitrogen and oxygen atoms in total. The summed E-state index contributed by atoms with van der Waals surface area (Å²) < 4.78 is 74.5. The molecule has 0 unspecified atom stereocenters. The van der Waals surface area contributed by atoms with Gasteiger partial charge in [-0.1, -0.05) is 32.6 Å². The Labute approximate surface area is 560 Å². The number of aliphatic hydroxyl groups is 1. The smallest absolute Gasteiger partial charge is 0.333 e. The van der Waals surface area contributed by atoms with E-state index in [-0.39, 0.29) is 112 Å². The number of hydrogen-bond acceptors (Lipinski definition) is 23. The maximum Gasteiger partial charge on any atom is 0.333 e. The maximum absolute atomic E-state index is 14.4. The van der Waals surface area contributed by atoms with Gasteiger partial charge in [-0.3, -0.25) is 14.4 Å². The van der Waals surface area contributed by atoms with E-state index < -0.39 is 23.8 Å². The number of carbonyl (C=O) groups excluding carboxylic acids is 4. The highest BCUT2D eigenvalue weighted by atomic mass is 16.7. The highest BCUT2D eigenvalue weighted by Crippen LogP contribution is 2.48. The number of rotatable bonds is 41. The molecule has 6 aliphatic heterocycles. The predicted octanol–water partition coefficient (Wildman–Crippen LogP) is 9.41. The molecule has 1 aromatic rings. The first-order valence-electron chi connectivity index (χ1n) is 32.9. The lowest BCUT2D eigenvalue weighted by atomic mass is 9.84. The van der Waals surface area contributed by atoms with Crippen LogP contribution in [-0.4, -0.2) is 191 Å². The Kier molecular flexibility index (Phi) is 29.0. The SMILES string of the molecule is CCC1=C(C)C2=NC1=CC1=C(C)C3=C(O)CC(=C4NC(=C(C#CCCCC(=O)ON5C(=O)CCC5=O)C5=NC(=C2)C(CC)=C5C)[C@@H](C)[C@@H]4CCC(=O)OCc2cc(OCCOCCOCCOC)c(OCCOCCOCCOC)c(OCCOCCOCCOC)c2)C3=N1.[HH].[HH]. The Morgan fingerprint density at radius 1 is 0.642 bits per heavy atom. The van der Waals surface area contributed by atoms with Crippen molar-refractivity contribution in [2.45, 2.75) is 112 Å². The van der Waals surface area contributed by atoms with Crippen LogP contribution >= 0.6 is 0 Å². The van der Waals surface area contributed by atoms with E-state index >= 15 is 0 Å². The largest absolute Gasteiger partial charge is 0.511 e. The van der Waals surface area contributed by atoms with Crippen LogP contribution in [0.2, 0.25) is 0 Å². The van der Waals surface area contributed by atoms with Gasteiger partial charge >= 0.3 is 11.9 Å². The van der Waals surface area contributed by atoms with Crippen molar-refractivity contribution >= 4 is 40.9 Å². The number of ether oxygens (including phenoxy) is 13. The van der Waals surface area contributed by atoms with Gasteiger partial charge in [0.05, 0.1) is 139 Å². The molecule has 2 saturated heterocycles. The molecule has 2 N–H and O–H groups in total. The van der Waals surface area contributed by atoms with Gasteiger partial charge < -0.3 is 76.8 Å². The number of allylic oxidation sites excluding steroid dienone is 12. The van der Waals surface area contributed by atoms with E-state index in [0.717, 1.165) is 68.4 Å². The fourth-order valence-corrected chi connectivity index (χ4v) is 11.8. The van der Waals surface area contributed by atoms with E-state index in [9.17, 15) is 24.3 Å². The van der Waals surface area contributed by atoms with Gasteiger partial charge in [0.15, 0.2) is 11.5 Å². The Morgan fingerprint density at radius 2 is 1.18 bits per heavy atom. The number of esters is 1.